The van der Waals surface area contributed by atoms with Gasteiger partial charge in [0.15, 0.2) is 0 Å². The van der Waals surface area contributed by atoms with E-state index in [0.717, 1.165) is 6.07 Å². The van der Waals surface area contributed by atoms with Gasteiger partial charge in [0, 0.05) is 17.1 Å². The van der Waals surface area contributed by atoms with Crippen molar-refractivity contribution in [3.63, 3.8) is 0 Å². The van der Waals surface area contributed by atoms with Crippen LogP contribution in [0.25, 0.3) is 10.9 Å². The van der Waals surface area contributed by atoms with Gasteiger partial charge in [0.25, 0.3) is 0 Å². The summed E-state index contributed by atoms with van der Waals surface area (Å²) in [5.74, 6) is -0.844. The van der Waals surface area contributed by atoms with Gasteiger partial charge in [-0.2, -0.15) is 0 Å². The Morgan fingerprint density at radius 3 is 2.67 bits per heavy atom. The van der Waals surface area contributed by atoms with Crippen LogP contribution in [0.4, 0.5) is 18.9 Å². The summed E-state index contributed by atoms with van der Waals surface area (Å²) in [6.07, 6.45) is -4.80. The van der Waals surface area contributed by atoms with Crippen molar-refractivity contribution in [2.75, 3.05) is 12.3 Å². The van der Waals surface area contributed by atoms with E-state index in [1.54, 1.807) is 6.92 Å². The number of aromatic nitrogens is 1. The number of benzene rings is 1. The van der Waals surface area contributed by atoms with Crippen LogP contribution in [0.5, 0.6) is 5.75 Å². The molecule has 1 aromatic carbocycles. The van der Waals surface area contributed by atoms with Crippen molar-refractivity contribution in [1.82, 2.24) is 4.98 Å². The number of esters is 1. The van der Waals surface area contributed by atoms with E-state index in [1.165, 1.54) is 12.1 Å². The molecule has 0 saturated heterocycles. The van der Waals surface area contributed by atoms with Crippen LogP contribution in [0.1, 0.15) is 12.6 Å². The second kappa shape index (κ2) is 5.55. The summed E-state index contributed by atoms with van der Waals surface area (Å²) in [6.45, 7) is 1.94. The minimum absolute atomic E-state index is 0.0164. The number of rotatable bonds is 4. The average Bonchev–Trinajstić information content (AvgIpc) is 2.69. The number of nitrogen functional groups attached to an aromatic ring is 1. The standard InChI is InChI=1S/C13H13F3N2O3/c1-2-20-11(19)5-8-3-7-4-9(21-13(14,15)16)6-10(17)12(7)18-8/h3-4,6,18H,2,5,17H2,1H3. The van der Waals surface area contributed by atoms with Gasteiger partial charge in [-0.05, 0) is 19.1 Å². The fourth-order valence-corrected chi connectivity index (χ4v) is 1.96. The van der Waals surface area contributed by atoms with Crippen LogP contribution in [0, 0.1) is 0 Å². The summed E-state index contributed by atoms with van der Waals surface area (Å²) in [5, 5.41) is 0.425. The van der Waals surface area contributed by atoms with Gasteiger partial charge >= 0.3 is 12.3 Å². The molecule has 0 saturated carbocycles. The van der Waals surface area contributed by atoms with E-state index in [-0.39, 0.29) is 18.7 Å². The second-order valence-electron chi connectivity index (χ2n) is 4.30. The highest BCUT2D eigenvalue weighted by atomic mass is 19.4. The van der Waals surface area contributed by atoms with Crippen LogP contribution in [-0.4, -0.2) is 23.9 Å². The normalized spacial score (nSPS) is 11.6. The van der Waals surface area contributed by atoms with Gasteiger partial charge in [-0.1, -0.05) is 0 Å². The second-order valence-corrected chi connectivity index (χ2v) is 4.30. The predicted octanol–water partition coefficient (Wildman–Crippen LogP) is 2.75. The molecular formula is C13H13F3N2O3. The molecule has 0 aliphatic rings. The van der Waals surface area contributed by atoms with Crippen molar-refractivity contribution in [1.29, 1.82) is 0 Å². The first-order valence-electron chi connectivity index (χ1n) is 6.11. The Kier molecular flexibility index (Phi) is 3.97. The molecule has 0 amide bonds. The Bertz CT molecular complexity index is 664. The van der Waals surface area contributed by atoms with E-state index in [1.807, 2.05) is 0 Å². The van der Waals surface area contributed by atoms with Gasteiger partial charge in [-0.25, -0.2) is 0 Å². The molecule has 2 aromatic rings. The van der Waals surface area contributed by atoms with Gasteiger partial charge in [0.1, 0.15) is 5.75 Å². The first kappa shape index (κ1) is 15.0. The number of alkyl halides is 3. The average molecular weight is 302 g/mol. The number of anilines is 1. The molecule has 8 heteroatoms. The van der Waals surface area contributed by atoms with Crippen molar-refractivity contribution in [3.05, 3.63) is 23.9 Å². The molecule has 0 bridgehead atoms. The molecular weight excluding hydrogens is 289 g/mol. The monoisotopic (exact) mass is 302 g/mol. The molecule has 0 spiro atoms. The highest BCUT2D eigenvalue weighted by Crippen LogP contribution is 2.31. The number of aromatic amines is 1. The highest BCUT2D eigenvalue weighted by molar-refractivity contribution is 5.92. The van der Waals surface area contributed by atoms with Gasteiger partial charge in [-0.15, -0.1) is 13.2 Å². The van der Waals surface area contributed by atoms with E-state index in [2.05, 4.69) is 9.72 Å². The van der Waals surface area contributed by atoms with Crippen molar-refractivity contribution >= 4 is 22.6 Å². The summed E-state index contributed by atoms with van der Waals surface area (Å²) >= 11 is 0. The number of fused-ring (bicyclic) bond motifs is 1. The Hall–Kier alpha value is -2.38. The third-order valence-corrected chi connectivity index (χ3v) is 2.66. The number of nitrogens with one attached hydrogen (secondary N) is 1. The molecule has 0 atom stereocenters. The smallest absolute Gasteiger partial charge is 0.466 e. The van der Waals surface area contributed by atoms with Crippen LogP contribution in [0.3, 0.4) is 0 Å². The summed E-state index contributed by atoms with van der Waals surface area (Å²) in [6, 6.07) is 3.80. The molecule has 0 unspecified atom stereocenters. The third kappa shape index (κ3) is 3.80. The predicted molar refractivity (Wildman–Crippen MR) is 69.7 cm³/mol. The van der Waals surface area contributed by atoms with Crippen molar-refractivity contribution in [2.45, 2.75) is 19.7 Å². The number of hydrogen-bond acceptors (Lipinski definition) is 4. The number of carbonyl (C=O) groups excluding carboxylic acids is 1. The van der Waals surface area contributed by atoms with Crippen molar-refractivity contribution in [2.24, 2.45) is 0 Å². The SMILES string of the molecule is CCOC(=O)Cc1cc2cc(OC(F)(F)F)cc(N)c2[nH]1. The van der Waals surface area contributed by atoms with Crippen LogP contribution in [0.15, 0.2) is 18.2 Å². The molecule has 0 aliphatic carbocycles. The Balaban J connectivity index is 2.30. The molecule has 0 fully saturated rings. The van der Waals surface area contributed by atoms with Crippen molar-refractivity contribution in [3.8, 4) is 5.75 Å². The Morgan fingerprint density at radius 1 is 1.33 bits per heavy atom. The van der Waals surface area contributed by atoms with E-state index in [0.29, 0.717) is 16.6 Å². The Morgan fingerprint density at radius 2 is 2.05 bits per heavy atom. The number of H-pyrrole nitrogens is 1. The van der Waals surface area contributed by atoms with E-state index >= 15 is 0 Å². The largest absolute Gasteiger partial charge is 0.573 e. The maximum Gasteiger partial charge on any atom is 0.573 e. The molecule has 3 N–H and O–H groups in total. The fourth-order valence-electron chi connectivity index (χ4n) is 1.96. The lowest BCUT2D eigenvalue weighted by molar-refractivity contribution is -0.274. The minimum atomic E-state index is -4.79. The number of ether oxygens (including phenoxy) is 2. The fraction of sp³-hybridized carbons (Fsp3) is 0.308. The molecule has 5 nitrogen and oxygen atoms in total. The molecule has 2 rings (SSSR count). The van der Waals surface area contributed by atoms with Crippen LogP contribution < -0.4 is 10.5 Å². The molecule has 1 aromatic heterocycles. The van der Waals surface area contributed by atoms with E-state index in [9.17, 15) is 18.0 Å². The minimum Gasteiger partial charge on any atom is -0.466 e. The lowest BCUT2D eigenvalue weighted by Crippen LogP contribution is -2.17. The third-order valence-electron chi connectivity index (χ3n) is 2.66. The van der Waals surface area contributed by atoms with Gasteiger partial charge in [-0.3, -0.25) is 4.79 Å². The van der Waals surface area contributed by atoms with E-state index < -0.39 is 18.1 Å². The Labute approximate surface area is 117 Å². The lowest BCUT2D eigenvalue weighted by Gasteiger charge is -2.09. The summed E-state index contributed by atoms with van der Waals surface area (Å²) in [7, 11) is 0. The summed E-state index contributed by atoms with van der Waals surface area (Å²) in [5.41, 5.74) is 6.73. The van der Waals surface area contributed by atoms with Crippen LogP contribution in [0.2, 0.25) is 0 Å². The van der Waals surface area contributed by atoms with Gasteiger partial charge < -0.3 is 20.2 Å². The van der Waals surface area contributed by atoms with Crippen LogP contribution in [-0.2, 0) is 16.0 Å². The number of hydrogen-bond donors (Lipinski definition) is 2. The van der Waals surface area contributed by atoms with Crippen LogP contribution >= 0.6 is 0 Å². The first-order chi connectivity index (χ1) is 9.78. The number of carbonyl (C=O) groups is 1. The van der Waals surface area contributed by atoms with E-state index in [4.69, 9.17) is 10.5 Å². The number of nitrogens with two attached hydrogens (primary N) is 1. The quantitative estimate of drug-likeness (QED) is 0.672. The lowest BCUT2D eigenvalue weighted by atomic mass is 10.2. The highest BCUT2D eigenvalue weighted by Gasteiger charge is 2.31. The topological polar surface area (TPSA) is 77.3 Å². The molecule has 1 heterocycles. The van der Waals surface area contributed by atoms with Gasteiger partial charge in [0.2, 0.25) is 0 Å². The summed E-state index contributed by atoms with van der Waals surface area (Å²) in [4.78, 5) is 14.3. The molecule has 21 heavy (non-hydrogen) atoms. The zero-order chi connectivity index (χ0) is 15.6. The zero-order valence-corrected chi connectivity index (χ0v) is 11.1. The maximum atomic E-state index is 12.2. The van der Waals surface area contributed by atoms with Crippen molar-refractivity contribution < 1.29 is 27.4 Å². The maximum absolute atomic E-state index is 12.2. The molecule has 0 radical (unpaired) electrons. The summed E-state index contributed by atoms with van der Waals surface area (Å²) < 4.78 is 45.2. The number of halogens is 3. The first-order valence-corrected chi connectivity index (χ1v) is 6.11. The molecule has 0 aliphatic heterocycles. The zero-order valence-electron chi connectivity index (χ0n) is 11.1. The molecule has 114 valence electrons. The van der Waals surface area contributed by atoms with Gasteiger partial charge in [0.05, 0.1) is 24.2 Å².